The second-order valence-corrected chi connectivity index (χ2v) is 2.76. The minimum absolute atomic E-state index is 0.422. The molecule has 0 N–H and O–H groups in total. The molecule has 0 amide bonds. The summed E-state index contributed by atoms with van der Waals surface area (Å²) >= 11 is 0. The molecule has 0 aliphatic carbocycles. The van der Waals surface area contributed by atoms with Crippen molar-refractivity contribution in [3.8, 4) is 0 Å². The first-order chi connectivity index (χ1) is 5.84. The molecule has 0 heterocycles. The first-order valence-corrected chi connectivity index (χ1v) is 4.09. The average Bonchev–Trinajstić information content (AvgIpc) is 2.15. The molecule has 0 saturated heterocycles. The zero-order chi connectivity index (χ0) is 8.81. The van der Waals surface area contributed by atoms with Crippen molar-refractivity contribution in [2.75, 3.05) is 7.11 Å². The number of methoxy groups -OCH3 is 1. The van der Waals surface area contributed by atoms with Crippen LogP contribution in [0, 0.1) is 0 Å². The van der Waals surface area contributed by atoms with Crippen molar-refractivity contribution in [2.24, 2.45) is 0 Å². The fourth-order valence-electron chi connectivity index (χ4n) is 1.06. The van der Waals surface area contributed by atoms with Gasteiger partial charge in [-0.1, -0.05) is 37.3 Å². The van der Waals surface area contributed by atoms with Crippen molar-refractivity contribution in [3.05, 3.63) is 48.2 Å². The van der Waals surface area contributed by atoms with Gasteiger partial charge in [-0.15, -0.1) is 0 Å². The van der Waals surface area contributed by atoms with Gasteiger partial charge in [0.05, 0.1) is 13.4 Å². The topological polar surface area (TPSA) is 9.23 Å². The van der Waals surface area contributed by atoms with E-state index in [1.165, 1.54) is 5.56 Å². The van der Waals surface area contributed by atoms with E-state index in [1.54, 1.807) is 13.4 Å². The van der Waals surface area contributed by atoms with Crippen LogP contribution < -0.4 is 0 Å². The minimum Gasteiger partial charge on any atom is -0.505 e. The monoisotopic (exact) mass is 162 g/mol. The van der Waals surface area contributed by atoms with E-state index in [0.717, 1.165) is 0 Å². The number of ether oxygens (including phenoxy) is 1. The first kappa shape index (κ1) is 8.85. The molecule has 0 aliphatic rings. The second kappa shape index (κ2) is 4.60. The Morgan fingerprint density at radius 1 is 1.25 bits per heavy atom. The fraction of sp³-hybridized carbons (Fsp3) is 0.273. The summed E-state index contributed by atoms with van der Waals surface area (Å²) in [5, 5.41) is 0. The van der Waals surface area contributed by atoms with Crippen LogP contribution in [0.2, 0.25) is 0 Å². The third kappa shape index (κ3) is 2.42. The maximum absolute atomic E-state index is 4.85. The molecule has 0 aromatic heterocycles. The van der Waals surface area contributed by atoms with Gasteiger partial charge in [-0.25, -0.2) is 0 Å². The summed E-state index contributed by atoms with van der Waals surface area (Å²) in [6.45, 7) is 2.14. The number of hydrogen-bond donors (Lipinski definition) is 0. The summed E-state index contributed by atoms with van der Waals surface area (Å²) in [6.07, 6.45) is 3.76. The van der Waals surface area contributed by atoms with Gasteiger partial charge >= 0.3 is 0 Å². The van der Waals surface area contributed by atoms with E-state index in [-0.39, 0.29) is 0 Å². The van der Waals surface area contributed by atoms with Crippen LogP contribution in [0.1, 0.15) is 18.4 Å². The Balaban J connectivity index is 2.65. The summed E-state index contributed by atoms with van der Waals surface area (Å²) in [7, 11) is 1.66. The number of benzene rings is 1. The Morgan fingerprint density at radius 3 is 2.50 bits per heavy atom. The predicted octanol–water partition coefficient (Wildman–Crippen LogP) is 2.95. The van der Waals surface area contributed by atoms with Gasteiger partial charge in [0.1, 0.15) is 0 Å². The summed E-state index contributed by atoms with van der Waals surface area (Å²) in [6, 6.07) is 10.4. The van der Waals surface area contributed by atoms with Crippen molar-refractivity contribution in [1.29, 1.82) is 0 Å². The molecule has 1 rings (SSSR count). The summed E-state index contributed by atoms with van der Waals surface area (Å²) in [4.78, 5) is 0. The highest BCUT2D eigenvalue weighted by Gasteiger charge is 1.98. The van der Waals surface area contributed by atoms with Crippen molar-refractivity contribution in [3.63, 3.8) is 0 Å². The van der Waals surface area contributed by atoms with Gasteiger partial charge in [0, 0.05) is 5.92 Å². The van der Waals surface area contributed by atoms with Crippen molar-refractivity contribution in [2.45, 2.75) is 12.8 Å². The summed E-state index contributed by atoms with van der Waals surface area (Å²) < 4.78 is 4.85. The molecule has 0 spiro atoms. The molecule has 0 bridgehead atoms. The quantitative estimate of drug-likeness (QED) is 0.621. The molecule has 12 heavy (non-hydrogen) atoms. The molecule has 1 heteroatoms. The van der Waals surface area contributed by atoms with E-state index in [1.807, 2.05) is 24.3 Å². The molecule has 1 unspecified atom stereocenters. The fourth-order valence-corrected chi connectivity index (χ4v) is 1.06. The second-order valence-electron chi connectivity index (χ2n) is 2.76. The molecule has 0 fully saturated rings. The van der Waals surface area contributed by atoms with Crippen molar-refractivity contribution >= 4 is 0 Å². The average molecular weight is 162 g/mol. The lowest BCUT2D eigenvalue weighted by atomic mass is 10.0. The third-order valence-corrected chi connectivity index (χ3v) is 1.83. The highest BCUT2D eigenvalue weighted by atomic mass is 16.5. The molecule has 1 aromatic rings. The van der Waals surface area contributed by atoms with Crippen molar-refractivity contribution in [1.82, 2.24) is 0 Å². The van der Waals surface area contributed by atoms with E-state index in [2.05, 4.69) is 19.1 Å². The SMILES string of the molecule is CO/C=C/C(C)c1ccccc1. The third-order valence-electron chi connectivity index (χ3n) is 1.83. The highest BCUT2D eigenvalue weighted by molar-refractivity contribution is 5.22. The molecular formula is C11H14O. The maximum Gasteiger partial charge on any atom is 0.0790 e. The number of allylic oxidation sites excluding steroid dienone is 1. The normalized spacial score (nSPS) is 13.2. The molecule has 0 aliphatic heterocycles. The standard InChI is InChI=1S/C11H14O/c1-10(8-9-12-2)11-6-4-3-5-7-11/h3-10H,1-2H3/b9-8+. The lowest BCUT2D eigenvalue weighted by molar-refractivity contribution is 0.336. The van der Waals surface area contributed by atoms with Gasteiger partial charge < -0.3 is 4.74 Å². The van der Waals surface area contributed by atoms with E-state index in [9.17, 15) is 0 Å². The Kier molecular flexibility index (Phi) is 3.39. The Morgan fingerprint density at radius 2 is 1.92 bits per heavy atom. The van der Waals surface area contributed by atoms with E-state index in [4.69, 9.17) is 4.74 Å². The molecule has 1 atom stereocenters. The lowest BCUT2D eigenvalue weighted by Gasteiger charge is -2.04. The molecule has 0 radical (unpaired) electrons. The van der Waals surface area contributed by atoms with Gasteiger partial charge in [0.2, 0.25) is 0 Å². The van der Waals surface area contributed by atoms with Gasteiger partial charge in [-0.05, 0) is 11.6 Å². The van der Waals surface area contributed by atoms with Gasteiger partial charge in [-0.3, -0.25) is 0 Å². The number of hydrogen-bond acceptors (Lipinski definition) is 1. The summed E-state index contributed by atoms with van der Waals surface area (Å²) in [5.74, 6) is 0.422. The first-order valence-electron chi connectivity index (χ1n) is 4.09. The zero-order valence-electron chi connectivity index (χ0n) is 7.53. The molecular weight excluding hydrogens is 148 g/mol. The summed E-state index contributed by atoms with van der Waals surface area (Å²) in [5.41, 5.74) is 1.31. The van der Waals surface area contributed by atoms with Gasteiger partial charge in [0.25, 0.3) is 0 Å². The largest absolute Gasteiger partial charge is 0.505 e. The van der Waals surface area contributed by atoms with Crippen LogP contribution in [0.3, 0.4) is 0 Å². The van der Waals surface area contributed by atoms with Gasteiger partial charge in [0.15, 0.2) is 0 Å². The molecule has 1 aromatic carbocycles. The van der Waals surface area contributed by atoms with Gasteiger partial charge in [-0.2, -0.15) is 0 Å². The van der Waals surface area contributed by atoms with Crippen LogP contribution in [0.4, 0.5) is 0 Å². The zero-order valence-corrected chi connectivity index (χ0v) is 7.53. The van der Waals surface area contributed by atoms with Crippen LogP contribution in [0.15, 0.2) is 42.7 Å². The van der Waals surface area contributed by atoms with Crippen LogP contribution in [-0.2, 0) is 4.74 Å². The maximum atomic E-state index is 4.85. The Labute approximate surface area is 73.7 Å². The molecule has 64 valence electrons. The highest BCUT2D eigenvalue weighted by Crippen LogP contribution is 2.15. The van der Waals surface area contributed by atoms with Crippen LogP contribution in [0.5, 0.6) is 0 Å². The predicted molar refractivity (Wildman–Crippen MR) is 51.0 cm³/mol. The van der Waals surface area contributed by atoms with Crippen LogP contribution >= 0.6 is 0 Å². The van der Waals surface area contributed by atoms with E-state index >= 15 is 0 Å². The Hall–Kier alpha value is -1.24. The Bertz CT molecular complexity index is 238. The molecule has 1 nitrogen and oxygen atoms in total. The van der Waals surface area contributed by atoms with Crippen LogP contribution in [0.25, 0.3) is 0 Å². The van der Waals surface area contributed by atoms with Crippen molar-refractivity contribution < 1.29 is 4.74 Å². The smallest absolute Gasteiger partial charge is 0.0790 e. The van der Waals surface area contributed by atoms with Crippen LogP contribution in [-0.4, -0.2) is 7.11 Å². The minimum atomic E-state index is 0.422. The van der Waals surface area contributed by atoms with E-state index < -0.39 is 0 Å². The molecule has 0 saturated carbocycles. The van der Waals surface area contributed by atoms with E-state index in [0.29, 0.717) is 5.92 Å². The lowest BCUT2D eigenvalue weighted by Crippen LogP contribution is -1.87. The number of rotatable bonds is 3.